The molecule has 104 valence electrons. The van der Waals surface area contributed by atoms with Gasteiger partial charge in [0.1, 0.15) is 6.04 Å². The minimum absolute atomic E-state index is 0.0594. The van der Waals surface area contributed by atoms with Crippen molar-refractivity contribution in [2.75, 3.05) is 31.2 Å². The summed E-state index contributed by atoms with van der Waals surface area (Å²) in [5.41, 5.74) is 6.37. The third-order valence-electron chi connectivity index (χ3n) is 3.00. The molecule has 0 spiro atoms. The van der Waals surface area contributed by atoms with E-state index in [1.54, 1.807) is 12.4 Å². The maximum atomic E-state index is 12.1. The summed E-state index contributed by atoms with van der Waals surface area (Å²) in [6, 6.07) is -0.379. The third-order valence-corrected chi connectivity index (χ3v) is 3.00. The summed E-state index contributed by atoms with van der Waals surface area (Å²) in [4.78, 5) is 22.5. The lowest BCUT2D eigenvalue weighted by Crippen LogP contribution is -2.54. The lowest BCUT2D eigenvalue weighted by atomic mass is 10.2. The minimum atomic E-state index is -0.379. The second-order valence-electron chi connectivity index (χ2n) is 4.21. The molecule has 19 heavy (non-hydrogen) atoms. The van der Waals surface area contributed by atoms with Gasteiger partial charge in [-0.25, -0.2) is 4.98 Å². The molecular weight excluding hydrogens is 246 g/mol. The molecule has 0 aliphatic carbocycles. The summed E-state index contributed by atoms with van der Waals surface area (Å²) in [5, 5.41) is 2.81. The van der Waals surface area contributed by atoms with Gasteiger partial charge in [-0.05, 0) is 6.92 Å². The Labute approximate surface area is 112 Å². The highest BCUT2D eigenvalue weighted by Crippen LogP contribution is 2.20. The van der Waals surface area contributed by atoms with Crippen molar-refractivity contribution in [2.45, 2.75) is 19.5 Å². The maximum absolute atomic E-state index is 12.1. The largest absolute Gasteiger partial charge is 0.377 e. The summed E-state index contributed by atoms with van der Waals surface area (Å²) in [6.07, 6.45) is 3.21. The smallest absolute Gasteiger partial charge is 0.245 e. The fraction of sp³-hybridized carbons (Fsp3) is 0.583. The van der Waals surface area contributed by atoms with Gasteiger partial charge in [-0.2, -0.15) is 0 Å². The quantitative estimate of drug-likeness (QED) is 0.746. The Morgan fingerprint density at radius 1 is 1.58 bits per heavy atom. The van der Waals surface area contributed by atoms with Gasteiger partial charge in [0.05, 0.1) is 18.9 Å². The SMILES string of the molecule is CCNC(=O)C1COCCN1c1nccnc1CN. The predicted molar refractivity (Wildman–Crippen MR) is 70.6 cm³/mol. The van der Waals surface area contributed by atoms with E-state index >= 15 is 0 Å². The van der Waals surface area contributed by atoms with Gasteiger partial charge in [-0.1, -0.05) is 0 Å². The molecule has 7 heteroatoms. The second-order valence-corrected chi connectivity index (χ2v) is 4.21. The van der Waals surface area contributed by atoms with E-state index in [9.17, 15) is 4.79 Å². The second kappa shape index (κ2) is 6.44. The number of likely N-dealkylation sites (N-methyl/N-ethyl adjacent to an activating group) is 1. The normalized spacial score (nSPS) is 19.3. The first-order chi connectivity index (χ1) is 9.27. The molecule has 2 rings (SSSR count). The molecule has 0 radical (unpaired) electrons. The monoisotopic (exact) mass is 265 g/mol. The van der Waals surface area contributed by atoms with E-state index in [1.165, 1.54) is 0 Å². The number of nitrogens with zero attached hydrogens (tertiary/aromatic N) is 3. The molecule has 0 bridgehead atoms. The zero-order chi connectivity index (χ0) is 13.7. The van der Waals surface area contributed by atoms with Gasteiger partial charge < -0.3 is 20.7 Å². The van der Waals surface area contributed by atoms with Crippen molar-refractivity contribution < 1.29 is 9.53 Å². The molecule has 1 aromatic rings. The first-order valence-corrected chi connectivity index (χ1v) is 6.40. The molecule has 2 heterocycles. The molecule has 0 saturated carbocycles. The van der Waals surface area contributed by atoms with Gasteiger partial charge in [0.15, 0.2) is 5.82 Å². The molecule has 1 aromatic heterocycles. The van der Waals surface area contributed by atoms with Crippen LogP contribution in [0.5, 0.6) is 0 Å². The van der Waals surface area contributed by atoms with Crippen LogP contribution in [0.3, 0.4) is 0 Å². The van der Waals surface area contributed by atoms with Crippen LogP contribution >= 0.6 is 0 Å². The van der Waals surface area contributed by atoms with Gasteiger partial charge in [0.25, 0.3) is 0 Å². The van der Waals surface area contributed by atoms with Crippen LogP contribution in [0.4, 0.5) is 5.82 Å². The van der Waals surface area contributed by atoms with E-state index in [0.29, 0.717) is 44.4 Å². The standard InChI is InChI=1S/C12H19N5O2/c1-2-14-12(18)10-8-19-6-5-17(10)11-9(7-13)15-3-4-16-11/h3-4,10H,2,5-8,13H2,1H3,(H,14,18). The van der Waals surface area contributed by atoms with Crippen LogP contribution < -0.4 is 16.0 Å². The Bertz CT molecular complexity index is 440. The number of hydrogen-bond acceptors (Lipinski definition) is 6. The van der Waals surface area contributed by atoms with Gasteiger partial charge >= 0.3 is 0 Å². The predicted octanol–water partition coefficient (Wildman–Crippen LogP) is -0.723. The van der Waals surface area contributed by atoms with E-state index in [0.717, 1.165) is 0 Å². The number of carbonyl (C=O) groups is 1. The highest BCUT2D eigenvalue weighted by molar-refractivity contribution is 5.85. The van der Waals surface area contributed by atoms with E-state index in [4.69, 9.17) is 10.5 Å². The summed E-state index contributed by atoms with van der Waals surface area (Å²) < 4.78 is 5.39. The molecule has 1 aliphatic heterocycles. The molecule has 1 aliphatic rings. The van der Waals surface area contributed by atoms with E-state index in [-0.39, 0.29) is 11.9 Å². The van der Waals surface area contributed by atoms with Crippen LogP contribution in [0, 0.1) is 0 Å². The molecule has 1 saturated heterocycles. The Hall–Kier alpha value is -1.73. The summed E-state index contributed by atoms with van der Waals surface area (Å²) in [7, 11) is 0. The molecule has 7 nitrogen and oxygen atoms in total. The number of amides is 1. The lowest BCUT2D eigenvalue weighted by molar-refractivity contribution is -0.124. The number of nitrogens with one attached hydrogen (secondary N) is 1. The maximum Gasteiger partial charge on any atom is 0.245 e. The van der Waals surface area contributed by atoms with Gasteiger partial charge in [0, 0.05) is 32.0 Å². The molecule has 1 unspecified atom stereocenters. The summed E-state index contributed by atoms with van der Waals surface area (Å²) >= 11 is 0. The highest BCUT2D eigenvalue weighted by atomic mass is 16.5. The summed E-state index contributed by atoms with van der Waals surface area (Å²) in [6.45, 7) is 4.30. The number of hydrogen-bond donors (Lipinski definition) is 2. The Morgan fingerprint density at radius 2 is 2.37 bits per heavy atom. The average molecular weight is 265 g/mol. The van der Waals surface area contributed by atoms with Crippen molar-refractivity contribution in [3.05, 3.63) is 18.1 Å². The van der Waals surface area contributed by atoms with Crippen molar-refractivity contribution in [3.8, 4) is 0 Å². The Balaban J connectivity index is 2.26. The van der Waals surface area contributed by atoms with Crippen LogP contribution in [0.25, 0.3) is 0 Å². The number of anilines is 1. The zero-order valence-electron chi connectivity index (χ0n) is 11.0. The van der Waals surface area contributed by atoms with Gasteiger partial charge in [0.2, 0.25) is 5.91 Å². The number of aromatic nitrogens is 2. The van der Waals surface area contributed by atoms with Crippen molar-refractivity contribution in [3.63, 3.8) is 0 Å². The van der Waals surface area contributed by atoms with Crippen LogP contribution in [-0.4, -0.2) is 48.2 Å². The Kier molecular flexibility index (Phi) is 4.64. The van der Waals surface area contributed by atoms with Crippen molar-refractivity contribution >= 4 is 11.7 Å². The van der Waals surface area contributed by atoms with Crippen LogP contribution in [0.2, 0.25) is 0 Å². The van der Waals surface area contributed by atoms with Crippen LogP contribution in [-0.2, 0) is 16.1 Å². The molecular formula is C12H19N5O2. The first kappa shape index (κ1) is 13.7. The van der Waals surface area contributed by atoms with Crippen molar-refractivity contribution in [1.29, 1.82) is 0 Å². The number of carbonyl (C=O) groups excluding carboxylic acids is 1. The zero-order valence-corrected chi connectivity index (χ0v) is 11.0. The van der Waals surface area contributed by atoms with Crippen molar-refractivity contribution in [1.82, 2.24) is 15.3 Å². The molecule has 1 amide bonds. The van der Waals surface area contributed by atoms with E-state index < -0.39 is 0 Å². The van der Waals surface area contributed by atoms with Gasteiger partial charge in [-0.15, -0.1) is 0 Å². The van der Waals surface area contributed by atoms with Crippen molar-refractivity contribution in [2.24, 2.45) is 5.73 Å². The van der Waals surface area contributed by atoms with Crippen LogP contribution in [0.15, 0.2) is 12.4 Å². The number of nitrogens with two attached hydrogens (primary N) is 1. The average Bonchev–Trinajstić information content (AvgIpc) is 2.47. The molecule has 1 atom stereocenters. The highest BCUT2D eigenvalue weighted by Gasteiger charge is 2.31. The molecule has 1 fully saturated rings. The number of ether oxygens (including phenoxy) is 1. The number of morpholine rings is 1. The Morgan fingerprint density at radius 3 is 3.11 bits per heavy atom. The topological polar surface area (TPSA) is 93.4 Å². The van der Waals surface area contributed by atoms with Crippen LogP contribution in [0.1, 0.15) is 12.6 Å². The van der Waals surface area contributed by atoms with E-state index in [1.807, 2.05) is 11.8 Å². The van der Waals surface area contributed by atoms with Gasteiger partial charge in [-0.3, -0.25) is 9.78 Å². The first-order valence-electron chi connectivity index (χ1n) is 6.40. The molecule has 0 aromatic carbocycles. The number of rotatable bonds is 4. The van der Waals surface area contributed by atoms with E-state index in [2.05, 4.69) is 15.3 Å². The minimum Gasteiger partial charge on any atom is -0.377 e. The fourth-order valence-electron chi connectivity index (χ4n) is 2.11. The lowest BCUT2D eigenvalue weighted by Gasteiger charge is -2.35. The fourth-order valence-corrected chi connectivity index (χ4v) is 2.11. The molecule has 3 N–H and O–H groups in total. The summed E-state index contributed by atoms with van der Waals surface area (Å²) in [5.74, 6) is 0.611. The third kappa shape index (κ3) is 2.99.